The highest BCUT2D eigenvalue weighted by molar-refractivity contribution is 9.10. The number of aryl methyl sites for hydroxylation is 1. The number of anilines is 1. The van der Waals surface area contributed by atoms with Crippen molar-refractivity contribution in [2.45, 2.75) is 13.5 Å². The second kappa shape index (κ2) is 4.47. The fraction of sp³-hybridized carbons (Fsp3) is 0.182. The number of halogens is 2. The first-order chi connectivity index (χ1) is 7.58. The minimum absolute atomic E-state index is 0.622. The molecular formula is C11H11BrClN3. The number of benzene rings is 1. The summed E-state index contributed by atoms with van der Waals surface area (Å²) >= 11 is 9.38. The van der Waals surface area contributed by atoms with Gasteiger partial charge in [0.25, 0.3) is 0 Å². The van der Waals surface area contributed by atoms with Crippen molar-refractivity contribution in [1.82, 2.24) is 9.78 Å². The number of aromatic nitrogens is 2. The maximum atomic E-state index is 6.05. The van der Waals surface area contributed by atoms with Gasteiger partial charge in [-0.15, -0.1) is 0 Å². The fourth-order valence-electron chi connectivity index (χ4n) is 1.41. The number of hydrogen-bond acceptors (Lipinski definition) is 2. The van der Waals surface area contributed by atoms with E-state index in [4.69, 9.17) is 17.3 Å². The Morgan fingerprint density at radius 2 is 2.25 bits per heavy atom. The molecule has 2 N–H and O–H groups in total. The third-order valence-corrected chi connectivity index (χ3v) is 3.42. The van der Waals surface area contributed by atoms with Gasteiger partial charge in [-0.1, -0.05) is 23.7 Å². The molecule has 0 aliphatic rings. The summed E-state index contributed by atoms with van der Waals surface area (Å²) in [5.41, 5.74) is 7.99. The molecule has 0 bridgehead atoms. The van der Waals surface area contributed by atoms with Crippen LogP contribution in [0.5, 0.6) is 0 Å². The summed E-state index contributed by atoms with van der Waals surface area (Å²) in [5.74, 6) is 0.622. The molecule has 0 aliphatic heterocycles. The average Bonchev–Trinajstić information content (AvgIpc) is 2.55. The lowest BCUT2D eigenvalue weighted by atomic mass is 10.1. The minimum atomic E-state index is 0.622. The lowest BCUT2D eigenvalue weighted by molar-refractivity contribution is 0.697. The van der Waals surface area contributed by atoms with E-state index in [1.165, 1.54) is 0 Å². The highest BCUT2D eigenvalue weighted by Gasteiger charge is 2.05. The van der Waals surface area contributed by atoms with E-state index >= 15 is 0 Å². The molecule has 3 nitrogen and oxygen atoms in total. The Labute approximate surface area is 107 Å². The second-order valence-corrected chi connectivity index (χ2v) is 4.88. The molecule has 0 aliphatic carbocycles. The predicted molar refractivity (Wildman–Crippen MR) is 69.6 cm³/mol. The van der Waals surface area contributed by atoms with E-state index in [2.05, 4.69) is 21.0 Å². The van der Waals surface area contributed by atoms with Gasteiger partial charge in [-0.25, -0.2) is 4.68 Å². The Morgan fingerprint density at radius 3 is 2.81 bits per heavy atom. The van der Waals surface area contributed by atoms with Crippen LogP contribution < -0.4 is 5.73 Å². The quantitative estimate of drug-likeness (QED) is 0.925. The molecule has 0 fully saturated rings. The van der Waals surface area contributed by atoms with Crippen molar-refractivity contribution in [3.8, 4) is 0 Å². The third kappa shape index (κ3) is 2.23. The molecule has 0 saturated carbocycles. The second-order valence-electron chi connectivity index (χ2n) is 3.62. The maximum absolute atomic E-state index is 6.05. The first kappa shape index (κ1) is 11.5. The van der Waals surface area contributed by atoms with Crippen molar-refractivity contribution < 1.29 is 0 Å². The summed E-state index contributed by atoms with van der Waals surface area (Å²) in [5, 5.41) is 4.93. The first-order valence-electron chi connectivity index (χ1n) is 4.79. The first-order valence-corrected chi connectivity index (χ1v) is 5.97. The molecule has 0 saturated heterocycles. The Kier molecular flexibility index (Phi) is 3.21. The molecule has 2 rings (SSSR count). The predicted octanol–water partition coefficient (Wildman–Crippen LogP) is 3.24. The highest BCUT2D eigenvalue weighted by Crippen LogP contribution is 2.21. The zero-order valence-electron chi connectivity index (χ0n) is 8.74. The Hall–Kier alpha value is -1.000. The molecule has 0 spiro atoms. The molecule has 0 amide bonds. The summed E-state index contributed by atoms with van der Waals surface area (Å²) in [7, 11) is 0. The van der Waals surface area contributed by atoms with Crippen LogP contribution in [0.15, 0.2) is 28.9 Å². The molecule has 84 valence electrons. The van der Waals surface area contributed by atoms with Gasteiger partial charge in [0.2, 0.25) is 0 Å². The lowest BCUT2D eigenvalue weighted by Crippen LogP contribution is -2.05. The van der Waals surface area contributed by atoms with Crippen LogP contribution in [0.1, 0.15) is 11.1 Å². The van der Waals surface area contributed by atoms with Gasteiger partial charge in [-0.3, -0.25) is 0 Å². The fourth-order valence-corrected chi connectivity index (χ4v) is 1.91. The van der Waals surface area contributed by atoms with Crippen LogP contribution in [0.25, 0.3) is 0 Å². The Bertz CT molecular complexity index is 522. The molecule has 0 unspecified atom stereocenters. The largest absolute Gasteiger partial charge is 0.383 e. The topological polar surface area (TPSA) is 43.8 Å². The van der Waals surface area contributed by atoms with E-state index in [-0.39, 0.29) is 0 Å². The monoisotopic (exact) mass is 299 g/mol. The number of nitrogens with two attached hydrogens (primary N) is 1. The van der Waals surface area contributed by atoms with Gasteiger partial charge in [0.15, 0.2) is 0 Å². The molecule has 5 heteroatoms. The Morgan fingerprint density at radius 1 is 1.50 bits per heavy atom. The van der Waals surface area contributed by atoms with Crippen molar-refractivity contribution in [3.05, 3.63) is 45.0 Å². The van der Waals surface area contributed by atoms with Crippen LogP contribution in [0.3, 0.4) is 0 Å². The van der Waals surface area contributed by atoms with Gasteiger partial charge in [0.1, 0.15) is 5.82 Å². The van der Waals surface area contributed by atoms with Gasteiger partial charge in [0.05, 0.1) is 17.2 Å². The van der Waals surface area contributed by atoms with E-state index in [0.29, 0.717) is 12.4 Å². The van der Waals surface area contributed by atoms with Gasteiger partial charge in [-0.05, 0) is 40.0 Å². The summed E-state index contributed by atoms with van der Waals surface area (Å²) < 4.78 is 2.54. The number of rotatable bonds is 2. The van der Waals surface area contributed by atoms with Crippen molar-refractivity contribution in [2.75, 3.05) is 5.73 Å². The average molecular weight is 301 g/mol. The minimum Gasteiger partial charge on any atom is -0.383 e. The maximum Gasteiger partial charge on any atom is 0.136 e. The highest BCUT2D eigenvalue weighted by atomic mass is 79.9. The molecule has 1 aromatic heterocycles. The van der Waals surface area contributed by atoms with Gasteiger partial charge < -0.3 is 5.73 Å². The zero-order valence-corrected chi connectivity index (χ0v) is 11.1. The Balaban J connectivity index is 2.27. The summed E-state index contributed by atoms with van der Waals surface area (Å²) in [6.45, 7) is 2.60. The van der Waals surface area contributed by atoms with Crippen LogP contribution in [-0.4, -0.2) is 9.78 Å². The summed E-state index contributed by atoms with van der Waals surface area (Å²) in [6, 6.07) is 5.95. The van der Waals surface area contributed by atoms with Gasteiger partial charge >= 0.3 is 0 Å². The zero-order chi connectivity index (χ0) is 11.7. The van der Waals surface area contributed by atoms with Crippen LogP contribution in [0.2, 0.25) is 5.02 Å². The normalized spacial score (nSPS) is 10.7. The van der Waals surface area contributed by atoms with Crippen molar-refractivity contribution >= 4 is 33.3 Å². The van der Waals surface area contributed by atoms with E-state index in [0.717, 1.165) is 20.6 Å². The van der Waals surface area contributed by atoms with E-state index in [1.54, 1.807) is 10.9 Å². The standard InChI is InChI=1S/C11H11BrClN3/c1-7-2-3-8(4-10(7)13)6-16-11(14)9(12)5-15-16/h2-5H,6,14H2,1H3. The molecule has 0 radical (unpaired) electrons. The SMILES string of the molecule is Cc1ccc(Cn2ncc(Br)c2N)cc1Cl. The van der Waals surface area contributed by atoms with Crippen molar-refractivity contribution in [3.63, 3.8) is 0 Å². The molecule has 2 aromatic rings. The molecule has 0 atom stereocenters. The molecular weight excluding hydrogens is 289 g/mol. The van der Waals surface area contributed by atoms with E-state index in [1.807, 2.05) is 25.1 Å². The molecule has 1 heterocycles. The van der Waals surface area contributed by atoms with Crippen molar-refractivity contribution in [2.24, 2.45) is 0 Å². The van der Waals surface area contributed by atoms with Gasteiger partial charge in [0, 0.05) is 5.02 Å². The van der Waals surface area contributed by atoms with Crippen LogP contribution in [-0.2, 0) is 6.54 Å². The molecule has 1 aromatic carbocycles. The van der Waals surface area contributed by atoms with Crippen LogP contribution >= 0.6 is 27.5 Å². The van der Waals surface area contributed by atoms with Gasteiger partial charge in [-0.2, -0.15) is 5.10 Å². The number of hydrogen-bond donors (Lipinski definition) is 1. The van der Waals surface area contributed by atoms with Crippen molar-refractivity contribution in [1.29, 1.82) is 0 Å². The van der Waals surface area contributed by atoms with E-state index in [9.17, 15) is 0 Å². The number of nitrogens with zero attached hydrogens (tertiary/aromatic N) is 2. The number of nitrogen functional groups attached to an aromatic ring is 1. The van der Waals surface area contributed by atoms with Crippen LogP contribution in [0, 0.1) is 6.92 Å². The van der Waals surface area contributed by atoms with E-state index < -0.39 is 0 Å². The summed E-state index contributed by atoms with van der Waals surface area (Å²) in [4.78, 5) is 0. The van der Waals surface area contributed by atoms with Crippen LogP contribution in [0.4, 0.5) is 5.82 Å². The lowest BCUT2D eigenvalue weighted by Gasteiger charge is -2.06. The smallest absolute Gasteiger partial charge is 0.136 e. The third-order valence-electron chi connectivity index (χ3n) is 2.40. The molecule has 16 heavy (non-hydrogen) atoms. The summed E-state index contributed by atoms with van der Waals surface area (Å²) in [6.07, 6.45) is 1.69.